The zero-order chi connectivity index (χ0) is 14.7. The molecule has 0 aliphatic carbocycles. The molecule has 2 aromatic carbocycles. The van der Waals surface area contributed by atoms with Gasteiger partial charge in [-0.3, -0.25) is 0 Å². The fraction of sp³-hybridized carbons (Fsp3) is 0.105. The van der Waals surface area contributed by atoms with E-state index in [1.54, 1.807) is 7.11 Å². The van der Waals surface area contributed by atoms with E-state index in [9.17, 15) is 0 Å². The summed E-state index contributed by atoms with van der Waals surface area (Å²) in [5.74, 6) is 0.908. The molecule has 0 aliphatic heterocycles. The number of pyridine rings is 1. The third-order valence-electron chi connectivity index (χ3n) is 3.63. The lowest BCUT2D eigenvalue weighted by atomic mass is 9.99. The first-order chi connectivity index (χ1) is 10.3. The average molecular weight is 276 g/mol. The number of rotatable bonds is 3. The molecule has 3 rings (SSSR count). The molecular weight excluding hydrogens is 258 g/mol. The molecule has 0 unspecified atom stereocenters. The minimum Gasteiger partial charge on any atom is -0.495 e. The molecule has 104 valence electrons. The molecule has 0 amide bonds. The molecule has 0 N–H and O–H groups in total. The van der Waals surface area contributed by atoms with Crippen molar-refractivity contribution in [1.29, 1.82) is 0 Å². The van der Waals surface area contributed by atoms with Gasteiger partial charge in [-0.1, -0.05) is 42.5 Å². The van der Waals surface area contributed by atoms with Crippen molar-refractivity contribution in [2.45, 2.75) is 0 Å². The molecule has 0 saturated carbocycles. The van der Waals surface area contributed by atoms with Crippen LogP contribution in [-0.4, -0.2) is 7.11 Å². The monoisotopic (exact) mass is 276 g/mol. The summed E-state index contributed by atoms with van der Waals surface area (Å²) in [6, 6.07) is 22.8. The average Bonchev–Trinajstić information content (AvgIpc) is 2.55. The fourth-order valence-corrected chi connectivity index (χ4v) is 2.61. The third-order valence-corrected chi connectivity index (χ3v) is 3.63. The van der Waals surface area contributed by atoms with Gasteiger partial charge >= 0.3 is 0 Å². The second kappa shape index (κ2) is 5.80. The molecule has 1 aromatic heterocycles. The summed E-state index contributed by atoms with van der Waals surface area (Å²) in [6.07, 6.45) is 2.05. The Balaban J connectivity index is 2.22. The van der Waals surface area contributed by atoms with Crippen molar-refractivity contribution < 1.29 is 9.30 Å². The Kier molecular flexibility index (Phi) is 3.69. The van der Waals surface area contributed by atoms with Gasteiger partial charge in [-0.2, -0.15) is 0 Å². The van der Waals surface area contributed by atoms with E-state index < -0.39 is 0 Å². The largest absolute Gasteiger partial charge is 0.495 e. The summed E-state index contributed by atoms with van der Waals surface area (Å²) in [4.78, 5) is 0. The Labute approximate surface area is 125 Å². The molecule has 0 saturated heterocycles. The number of nitrogens with zero attached hydrogens (tertiary/aromatic N) is 1. The molecule has 3 aromatic rings. The number of hydrogen-bond donors (Lipinski definition) is 0. The minimum absolute atomic E-state index is 0.908. The molecule has 0 radical (unpaired) electrons. The van der Waals surface area contributed by atoms with Crippen LogP contribution in [0.1, 0.15) is 0 Å². The smallest absolute Gasteiger partial charge is 0.216 e. The number of methoxy groups -OCH3 is 1. The highest BCUT2D eigenvalue weighted by molar-refractivity contribution is 5.80. The summed E-state index contributed by atoms with van der Waals surface area (Å²) < 4.78 is 7.83. The number of aryl methyl sites for hydroxylation is 1. The van der Waals surface area contributed by atoms with Crippen LogP contribution in [0.2, 0.25) is 0 Å². The zero-order valence-electron chi connectivity index (χ0n) is 12.3. The van der Waals surface area contributed by atoms with Crippen molar-refractivity contribution in [3.8, 4) is 28.1 Å². The maximum atomic E-state index is 5.73. The summed E-state index contributed by atoms with van der Waals surface area (Å²) in [7, 11) is 3.78. The first-order valence-corrected chi connectivity index (χ1v) is 6.98. The van der Waals surface area contributed by atoms with Crippen molar-refractivity contribution in [1.82, 2.24) is 0 Å². The standard InChI is InChI=1S/C19H18NO/c1-20-14-7-6-13-18(20)17-12-8-11-16(19(17)21-2)15-9-4-3-5-10-15/h3-14H,1-2H3/q+1. The van der Waals surface area contributed by atoms with Gasteiger partial charge in [-0.05, 0) is 17.7 Å². The first kappa shape index (κ1) is 13.4. The molecule has 0 bridgehead atoms. The second-order valence-electron chi connectivity index (χ2n) is 4.95. The van der Waals surface area contributed by atoms with Gasteiger partial charge in [-0.15, -0.1) is 0 Å². The van der Waals surface area contributed by atoms with Crippen LogP contribution in [0.25, 0.3) is 22.4 Å². The highest BCUT2D eigenvalue weighted by Crippen LogP contribution is 2.37. The third kappa shape index (κ3) is 2.52. The van der Waals surface area contributed by atoms with Crippen LogP contribution in [-0.2, 0) is 7.05 Å². The van der Waals surface area contributed by atoms with E-state index in [-0.39, 0.29) is 0 Å². The highest BCUT2D eigenvalue weighted by Gasteiger charge is 2.17. The van der Waals surface area contributed by atoms with Gasteiger partial charge < -0.3 is 4.74 Å². The summed E-state index contributed by atoms with van der Waals surface area (Å²) in [5, 5.41) is 0. The van der Waals surface area contributed by atoms with Gasteiger partial charge in [0.2, 0.25) is 5.69 Å². The Morgan fingerprint density at radius 2 is 1.48 bits per heavy atom. The van der Waals surface area contributed by atoms with Crippen molar-refractivity contribution in [2.24, 2.45) is 7.05 Å². The Bertz CT molecular complexity index is 751. The topological polar surface area (TPSA) is 13.1 Å². The van der Waals surface area contributed by atoms with Crippen LogP contribution in [0.15, 0.2) is 72.9 Å². The predicted octanol–water partition coefficient (Wildman–Crippen LogP) is 3.85. The van der Waals surface area contributed by atoms with E-state index in [4.69, 9.17) is 4.74 Å². The van der Waals surface area contributed by atoms with E-state index in [1.165, 1.54) is 0 Å². The number of para-hydroxylation sites is 1. The van der Waals surface area contributed by atoms with Gasteiger partial charge in [0.1, 0.15) is 12.8 Å². The lowest BCUT2D eigenvalue weighted by Crippen LogP contribution is -2.30. The minimum atomic E-state index is 0.908. The SMILES string of the molecule is COc1c(-c2ccccc2)cccc1-c1cccc[n+]1C. The van der Waals surface area contributed by atoms with Crippen molar-refractivity contribution in [3.63, 3.8) is 0 Å². The van der Waals surface area contributed by atoms with Crippen LogP contribution >= 0.6 is 0 Å². The molecule has 2 heteroatoms. The lowest BCUT2D eigenvalue weighted by Gasteiger charge is -2.12. The Morgan fingerprint density at radius 1 is 0.762 bits per heavy atom. The predicted molar refractivity (Wildman–Crippen MR) is 85.0 cm³/mol. The van der Waals surface area contributed by atoms with Gasteiger partial charge in [0.05, 0.1) is 12.7 Å². The molecular formula is C19H18NO+. The zero-order valence-corrected chi connectivity index (χ0v) is 12.3. The highest BCUT2D eigenvalue weighted by atomic mass is 16.5. The van der Waals surface area contributed by atoms with Gasteiger partial charge in [-0.25, -0.2) is 4.57 Å². The van der Waals surface area contributed by atoms with Crippen LogP contribution in [0, 0.1) is 0 Å². The normalized spacial score (nSPS) is 10.4. The quantitative estimate of drug-likeness (QED) is 0.662. The maximum Gasteiger partial charge on any atom is 0.216 e. The van der Waals surface area contributed by atoms with E-state index in [0.717, 1.165) is 28.1 Å². The van der Waals surface area contributed by atoms with Crippen molar-refractivity contribution >= 4 is 0 Å². The van der Waals surface area contributed by atoms with Gasteiger partial charge in [0.15, 0.2) is 6.20 Å². The number of hydrogen-bond acceptors (Lipinski definition) is 1. The van der Waals surface area contributed by atoms with E-state index >= 15 is 0 Å². The van der Waals surface area contributed by atoms with Crippen LogP contribution in [0.4, 0.5) is 0 Å². The van der Waals surface area contributed by atoms with E-state index in [2.05, 4.69) is 41.0 Å². The number of ether oxygens (including phenoxy) is 1. The van der Waals surface area contributed by atoms with Gasteiger partial charge in [0.25, 0.3) is 0 Å². The van der Waals surface area contributed by atoms with Crippen LogP contribution in [0.3, 0.4) is 0 Å². The molecule has 21 heavy (non-hydrogen) atoms. The Morgan fingerprint density at radius 3 is 2.19 bits per heavy atom. The molecule has 0 fully saturated rings. The molecule has 1 heterocycles. The number of aromatic nitrogens is 1. The van der Waals surface area contributed by atoms with Crippen LogP contribution in [0.5, 0.6) is 5.75 Å². The lowest BCUT2D eigenvalue weighted by molar-refractivity contribution is -0.660. The Hall–Kier alpha value is -2.61. The number of benzene rings is 2. The summed E-state index contributed by atoms with van der Waals surface area (Å²) >= 11 is 0. The van der Waals surface area contributed by atoms with Crippen LogP contribution < -0.4 is 9.30 Å². The molecule has 2 nitrogen and oxygen atoms in total. The molecule has 0 atom stereocenters. The molecule has 0 spiro atoms. The summed E-state index contributed by atoms with van der Waals surface area (Å²) in [6.45, 7) is 0. The van der Waals surface area contributed by atoms with E-state index in [1.807, 2.05) is 43.6 Å². The molecule has 0 aliphatic rings. The fourth-order valence-electron chi connectivity index (χ4n) is 2.61. The van der Waals surface area contributed by atoms with Crippen molar-refractivity contribution in [3.05, 3.63) is 72.9 Å². The van der Waals surface area contributed by atoms with Crippen molar-refractivity contribution in [2.75, 3.05) is 7.11 Å². The first-order valence-electron chi connectivity index (χ1n) is 6.98. The second-order valence-corrected chi connectivity index (χ2v) is 4.95. The van der Waals surface area contributed by atoms with E-state index in [0.29, 0.717) is 0 Å². The summed E-state index contributed by atoms with van der Waals surface area (Å²) in [5.41, 5.74) is 4.50. The van der Waals surface area contributed by atoms with Gasteiger partial charge in [0, 0.05) is 17.7 Å². The maximum absolute atomic E-state index is 5.73.